The normalized spacial score (nSPS) is 11.1. The molecule has 0 heterocycles. The molecule has 0 atom stereocenters. The average molecular weight is 314 g/mol. The second-order valence-corrected chi connectivity index (χ2v) is 7.78. The van der Waals surface area contributed by atoms with Gasteiger partial charge in [0.15, 0.2) is 0 Å². The minimum Gasteiger partial charge on any atom is -0.644 e. The summed E-state index contributed by atoms with van der Waals surface area (Å²) in [6.07, 6.45) is 0. The monoisotopic (exact) mass is 314 g/mol. The maximum atomic E-state index is 10.9. The van der Waals surface area contributed by atoms with Gasteiger partial charge in [-0.05, 0) is 18.2 Å². The summed E-state index contributed by atoms with van der Waals surface area (Å²) in [7, 11) is -7.63. The molecular weight excluding hydrogens is 310 g/mol. The smallest absolute Gasteiger partial charge is 0.644 e. The van der Waals surface area contributed by atoms with Crippen LogP contribution in [0.2, 0.25) is 0 Å². The molecule has 4 nitrogen and oxygen atoms in total. The topological polar surface area (TPSA) is 68.3 Å². The second kappa shape index (κ2) is 7.42. The molecule has 0 amide bonds. The molecule has 0 aliphatic carbocycles. The minimum atomic E-state index is -3.81. The van der Waals surface area contributed by atoms with E-state index in [9.17, 15) is 16.8 Å². The summed E-state index contributed by atoms with van der Waals surface area (Å²) >= 11 is 8.35. The van der Waals surface area contributed by atoms with Gasteiger partial charge in [0.25, 0.3) is 0 Å². The first kappa shape index (κ1) is 20.1. The van der Waals surface area contributed by atoms with Crippen LogP contribution >= 0.6 is 0 Å². The Morgan fingerprint density at radius 2 is 1.12 bits per heavy atom. The van der Waals surface area contributed by atoms with Crippen molar-refractivity contribution in [1.82, 2.24) is 0 Å². The minimum absolute atomic E-state index is 0. The van der Waals surface area contributed by atoms with E-state index in [1.165, 1.54) is 18.2 Å². The number of hydrogen-bond acceptors (Lipinski definition) is 6. The average Bonchev–Trinajstić information content (AvgIpc) is 2.01. The zero-order valence-electron chi connectivity index (χ0n) is 8.58. The van der Waals surface area contributed by atoms with Crippen molar-refractivity contribution in [2.75, 3.05) is 0 Å². The molecule has 0 unspecified atom stereocenters. The van der Waals surface area contributed by atoms with E-state index in [1.54, 1.807) is 0 Å². The van der Waals surface area contributed by atoms with Crippen LogP contribution in [0.5, 0.6) is 0 Å². The van der Waals surface area contributed by atoms with Crippen LogP contribution in [0.25, 0.3) is 0 Å². The number of hydrogen-bond donors (Lipinski definition) is 0. The predicted octanol–water partition coefficient (Wildman–Crippen LogP) is -5.83. The fourth-order valence-electron chi connectivity index (χ4n) is 0.785. The van der Waals surface area contributed by atoms with Crippen molar-refractivity contribution < 1.29 is 76.0 Å². The SMILES string of the molecule is O=S(=O)([S-])c1cccc(S(=O)(=O)[S-])c1.[Na+].[Na+]. The molecule has 0 saturated heterocycles. The third-order valence-corrected chi connectivity index (χ3v) is 4.20. The summed E-state index contributed by atoms with van der Waals surface area (Å²) in [5.41, 5.74) is 0. The summed E-state index contributed by atoms with van der Waals surface area (Å²) in [5, 5.41) is 0. The molecule has 0 aliphatic rings. The van der Waals surface area contributed by atoms with E-state index in [4.69, 9.17) is 0 Å². The molecule has 0 radical (unpaired) electrons. The molecule has 0 N–H and O–H groups in total. The molecule has 0 fully saturated rings. The number of benzene rings is 1. The molecule has 0 spiro atoms. The summed E-state index contributed by atoms with van der Waals surface area (Å²) in [4.78, 5) is -0.475. The molecule has 0 bridgehead atoms. The third-order valence-electron chi connectivity index (χ3n) is 1.38. The van der Waals surface area contributed by atoms with Gasteiger partial charge in [-0.25, -0.2) is 16.8 Å². The van der Waals surface area contributed by atoms with Crippen LogP contribution in [-0.2, 0) is 41.1 Å². The maximum Gasteiger partial charge on any atom is 1.00 e. The fourth-order valence-corrected chi connectivity index (χ4v) is 2.51. The molecule has 10 heteroatoms. The molecule has 0 saturated carbocycles. The van der Waals surface area contributed by atoms with Crippen LogP contribution in [0, 0.1) is 0 Å². The van der Waals surface area contributed by atoms with Gasteiger partial charge in [0.2, 0.25) is 0 Å². The Balaban J connectivity index is 0. The van der Waals surface area contributed by atoms with Crippen molar-refractivity contribution in [3.05, 3.63) is 24.3 Å². The molecule has 1 aromatic rings. The van der Waals surface area contributed by atoms with Crippen molar-refractivity contribution >= 4 is 41.1 Å². The van der Waals surface area contributed by atoms with Crippen LogP contribution in [0.4, 0.5) is 0 Å². The Hall–Kier alpha value is 1.82. The van der Waals surface area contributed by atoms with Gasteiger partial charge in [-0.15, -0.1) is 0 Å². The number of rotatable bonds is 2. The van der Waals surface area contributed by atoms with E-state index in [1.807, 2.05) is 0 Å². The van der Waals surface area contributed by atoms with Gasteiger partial charge in [0.1, 0.15) is 0 Å². The van der Waals surface area contributed by atoms with Gasteiger partial charge in [0, 0.05) is 9.79 Å². The van der Waals surface area contributed by atoms with Crippen molar-refractivity contribution in [1.29, 1.82) is 0 Å². The van der Waals surface area contributed by atoms with Gasteiger partial charge in [0.05, 0.1) is 17.7 Å². The van der Waals surface area contributed by atoms with Crippen LogP contribution < -0.4 is 59.1 Å². The molecule has 16 heavy (non-hydrogen) atoms. The Bertz CT molecular complexity index is 504. The summed E-state index contributed by atoms with van der Waals surface area (Å²) in [6.45, 7) is 0. The van der Waals surface area contributed by atoms with Gasteiger partial charge < -0.3 is 23.3 Å². The van der Waals surface area contributed by atoms with E-state index in [0.717, 1.165) is 6.07 Å². The van der Waals surface area contributed by atoms with E-state index < -0.39 is 17.7 Å². The van der Waals surface area contributed by atoms with Gasteiger partial charge >= 0.3 is 59.1 Å². The maximum absolute atomic E-state index is 10.9. The molecular formula is C6H4Na2O4S4. The summed E-state index contributed by atoms with van der Waals surface area (Å²) in [5.74, 6) is 0. The fraction of sp³-hybridized carbons (Fsp3) is 0. The Morgan fingerprint density at radius 3 is 1.38 bits per heavy atom. The largest absolute Gasteiger partial charge is 1.00 e. The Labute approximate surface area is 149 Å². The van der Waals surface area contributed by atoms with Crippen molar-refractivity contribution in [2.45, 2.75) is 9.79 Å². The van der Waals surface area contributed by atoms with Crippen molar-refractivity contribution in [3.8, 4) is 0 Å². The molecule has 78 valence electrons. The molecule has 0 aromatic heterocycles. The van der Waals surface area contributed by atoms with E-state index in [-0.39, 0.29) is 68.9 Å². The second-order valence-electron chi connectivity index (χ2n) is 2.38. The van der Waals surface area contributed by atoms with E-state index >= 15 is 0 Å². The standard InChI is InChI=1S/C6H6O4S4.2Na/c7-13(8,11)5-2-1-3-6(4-5)14(9,10)12;;/h1-4H,(H,7,8,11)(H,9,10,12);;/q;2*+1/p-2. The van der Waals surface area contributed by atoms with Gasteiger partial charge in [-0.1, -0.05) is 6.07 Å². The third kappa shape index (κ3) is 6.12. The predicted molar refractivity (Wildman–Crippen MR) is 55.5 cm³/mol. The quantitative estimate of drug-likeness (QED) is 0.308. The summed E-state index contributed by atoms with van der Waals surface area (Å²) in [6, 6.07) is 4.65. The molecule has 1 rings (SSSR count). The summed E-state index contributed by atoms with van der Waals surface area (Å²) < 4.78 is 43.6. The first-order chi connectivity index (χ1) is 6.21. The van der Waals surface area contributed by atoms with E-state index in [0.29, 0.717) is 0 Å². The Morgan fingerprint density at radius 1 is 0.812 bits per heavy atom. The first-order valence-corrected chi connectivity index (χ1v) is 8.05. The van der Waals surface area contributed by atoms with Gasteiger partial charge in [-0.3, -0.25) is 0 Å². The first-order valence-electron chi connectivity index (χ1n) is 3.23. The van der Waals surface area contributed by atoms with Crippen LogP contribution in [-0.4, -0.2) is 16.8 Å². The van der Waals surface area contributed by atoms with Crippen LogP contribution in [0.3, 0.4) is 0 Å². The molecule has 1 aromatic carbocycles. The zero-order chi connectivity index (χ0) is 11.0. The molecule has 0 aliphatic heterocycles. The van der Waals surface area contributed by atoms with Crippen molar-refractivity contribution in [2.24, 2.45) is 0 Å². The van der Waals surface area contributed by atoms with Crippen LogP contribution in [0.15, 0.2) is 34.1 Å². The van der Waals surface area contributed by atoms with Crippen molar-refractivity contribution in [3.63, 3.8) is 0 Å². The van der Waals surface area contributed by atoms with E-state index in [2.05, 4.69) is 23.3 Å². The Kier molecular flexibility index (Phi) is 9.34. The van der Waals surface area contributed by atoms with Crippen LogP contribution in [0.1, 0.15) is 0 Å². The zero-order valence-corrected chi connectivity index (χ0v) is 15.8. The van der Waals surface area contributed by atoms with Gasteiger partial charge in [-0.2, -0.15) is 0 Å².